The summed E-state index contributed by atoms with van der Waals surface area (Å²) in [7, 11) is 0. The van der Waals surface area contributed by atoms with Crippen molar-refractivity contribution in [1.82, 2.24) is 16.0 Å². The third kappa shape index (κ3) is 7.36. The summed E-state index contributed by atoms with van der Waals surface area (Å²) in [6.07, 6.45) is 5.13. The molecule has 198 valence electrons. The van der Waals surface area contributed by atoms with E-state index in [-0.39, 0.29) is 34.4 Å². The van der Waals surface area contributed by atoms with Crippen molar-refractivity contribution in [3.05, 3.63) is 65.7 Å². The van der Waals surface area contributed by atoms with E-state index in [0.29, 0.717) is 17.8 Å². The average Bonchev–Trinajstić information content (AvgIpc) is 2.91. The van der Waals surface area contributed by atoms with Crippen molar-refractivity contribution < 1.29 is 14.4 Å². The van der Waals surface area contributed by atoms with Crippen molar-refractivity contribution in [2.75, 3.05) is 17.6 Å². The molecule has 2 aromatic carbocycles. The molecule has 1 saturated heterocycles. The standard InChI is InChI=1S/C29H38N4O3S/c1-29(2)25(30-16-17-37-29)28(36)31-19-20-10-9-13-22(18-20)26(34)33-24(21-11-5-3-6-12-21)27(35)32-23-14-7-4-8-15-23/h4,7-10,13-15,18,21,24-25,30H,3,5-6,11-12,16-17,19H2,1-2H3,(H,31,36)(H,32,35)(H,33,34)/t24-,25-/m0/s1. The topological polar surface area (TPSA) is 99.3 Å². The van der Waals surface area contributed by atoms with E-state index in [1.165, 1.54) is 0 Å². The van der Waals surface area contributed by atoms with Gasteiger partial charge in [0.2, 0.25) is 11.8 Å². The van der Waals surface area contributed by atoms with E-state index in [0.717, 1.165) is 50.0 Å². The van der Waals surface area contributed by atoms with E-state index in [9.17, 15) is 14.4 Å². The van der Waals surface area contributed by atoms with Crippen LogP contribution in [0.15, 0.2) is 54.6 Å². The Hall–Kier alpha value is -2.84. The van der Waals surface area contributed by atoms with Gasteiger partial charge in [-0.05, 0) is 62.4 Å². The molecule has 37 heavy (non-hydrogen) atoms. The summed E-state index contributed by atoms with van der Waals surface area (Å²) in [4.78, 5) is 39.4. The Labute approximate surface area is 223 Å². The van der Waals surface area contributed by atoms with Gasteiger partial charge in [-0.2, -0.15) is 11.8 Å². The molecule has 0 spiro atoms. The molecule has 1 heterocycles. The zero-order valence-electron chi connectivity index (χ0n) is 21.7. The molecule has 3 amide bonds. The fraction of sp³-hybridized carbons (Fsp3) is 0.483. The van der Waals surface area contributed by atoms with E-state index in [1.807, 2.05) is 42.5 Å². The summed E-state index contributed by atoms with van der Waals surface area (Å²) in [6.45, 7) is 5.30. The molecule has 0 aromatic heterocycles. The Bertz CT molecular complexity index is 1090. The molecule has 1 saturated carbocycles. The molecule has 4 rings (SSSR count). The van der Waals surface area contributed by atoms with Crippen LogP contribution in [0, 0.1) is 5.92 Å². The Morgan fingerprint density at radius 1 is 1.03 bits per heavy atom. The van der Waals surface area contributed by atoms with Gasteiger partial charge in [0.15, 0.2) is 0 Å². The third-order valence-corrected chi connectivity index (χ3v) is 8.66. The van der Waals surface area contributed by atoms with Crippen LogP contribution in [0.2, 0.25) is 0 Å². The van der Waals surface area contributed by atoms with Crippen LogP contribution >= 0.6 is 11.8 Å². The molecule has 7 nitrogen and oxygen atoms in total. The van der Waals surface area contributed by atoms with Gasteiger partial charge in [0.05, 0.1) is 0 Å². The number of anilines is 1. The summed E-state index contributed by atoms with van der Waals surface area (Å²) < 4.78 is -0.182. The SMILES string of the molecule is CC1(C)SCCN[C@H]1C(=O)NCc1cccc(C(=O)N[C@H](C(=O)Nc2ccccc2)C2CCCCC2)c1. The molecule has 1 aliphatic heterocycles. The molecule has 2 fully saturated rings. The zero-order chi connectivity index (χ0) is 26.3. The molecule has 0 bridgehead atoms. The number of para-hydroxylation sites is 1. The first kappa shape index (κ1) is 27.2. The summed E-state index contributed by atoms with van der Waals surface area (Å²) >= 11 is 1.80. The van der Waals surface area contributed by atoms with Crippen molar-refractivity contribution in [2.45, 2.75) is 69.3 Å². The predicted molar refractivity (Wildman–Crippen MR) is 150 cm³/mol. The summed E-state index contributed by atoms with van der Waals surface area (Å²) in [5.74, 6) is 0.586. The first-order chi connectivity index (χ1) is 17.8. The Balaban J connectivity index is 1.41. The third-order valence-electron chi connectivity index (χ3n) is 7.27. The fourth-order valence-electron chi connectivity index (χ4n) is 5.20. The number of carbonyl (C=O) groups excluding carboxylic acids is 3. The number of nitrogens with one attached hydrogen (secondary N) is 4. The first-order valence-electron chi connectivity index (χ1n) is 13.2. The number of benzene rings is 2. The zero-order valence-corrected chi connectivity index (χ0v) is 22.5. The molecule has 2 aromatic rings. The second kappa shape index (κ2) is 12.6. The lowest BCUT2D eigenvalue weighted by Crippen LogP contribution is -2.57. The Kier molecular flexibility index (Phi) is 9.27. The van der Waals surface area contributed by atoms with Gasteiger partial charge in [-0.25, -0.2) is 0 Å². The number of hydrogen-bond donors (Lipinski definition) is 4. The van der Waals surface area contributed by atoms with Gasteiger partial charge >= 0.3 is 0 Å². The molecule has 4 N–H and O–H groups in total. The molecule has 2 atom stereocenters. The molecule has 2 aliphatic rings. The van der Waals surface area contributed by atoms with Gasteiger partial charge < -0.3 is 21.3 Å². The van der Waals surface area contributed by atoms with Crippen molar-refractivity contribution in [3.63, 3.8) is 0 Å². The lowest BCUT2D eigenvalue weighted by Gasteiger charge is -2.37. The highest BCUT2D eigenvalue weighted by atomic mass is 32.2. The minimum atomic E-state index is -0.603. The smallest absolute Gasteiger partial charge is 0.251 e. The van der Waals surface area contributed by atoms with Gasteiger partial charge in [0, 0.05) is 34.8 Å². The summed E-state index contributed by atoms with van der Waals surface area (Å²) in [6, 6.07) is 15.7. The lowest BCUT2D eigenvalue weighted by molar-refractivity contribution is -0.124. The number of amides is 3. The molecule has 8 heteroatoms. The molecular formula is C29H38N4O3S. The second-order valence-corrected chi connectivity index (χ2v) is 12.2. The second-order valence-electron chi connectivity index (χ2n) is 10.5. The van der Waals surface area contributed by atoms with Gasteiger partial charge in [0.25, 0.3) is 5.91 Å². The summed E-state index contributed by atoms with van der Waals surface area (Å²) in [5.41, 5.74) is 2.03. The molecular weight excluding hydrogens is 484 g/mol. The first-order valence-corrected chi connectivity index (χ1v) is 14.2. The van der Waals surface area contributed by atoms with Crippen molar-refractivity contribution >= 4 is 35.2 Å². The van der Waals surface area contributed by atoms with Gasteiger partial charge in [-0.1, -0.05) is 49.6 Å². The average molecular weight is 523 g/mol. The van der Waals surface area contributed by atoms with E-state index in [1.54, 1.807) is 23.9 Å². The molecule has 0 unspecified atom stereocenters. The van der Waals surface area contributed by atoms with Crippen LogP contribution < -0.4 is 21.3 Å². The fourth-order valence-corrected chi connectivity index (χ4v) is 6.30. The number of rotatable bonds is 8. The maximum Gasteiger partial charge on any atom is 0.251 e. The lowest BCUT2D eigenvalue weighted by atomic mass is 9.83. The van der Waals surface area contributed by atoms with Crippen LogP contribution in [-0.4, -0.2) is 46.8 Å². The van der Waals surface area contributed by atoms with Gasteiger partial charge in [-0.3, -0.25) is 14.4 Å². The Morgan fingerprint density at radius 3 is 2.51 bits per heavy atom. The van der Waals surface area contributed by atoms with E-state index in [2.05, 4.69) is 35.1 Å². The largest absolute Gasteiger partial charge is 0.351 e. The number of thioether (sulfide) groups is 1. The molecule has 1 aliphatic carbocycles. The maximum absolute atomic E-state index is 13.3. The number of hydrogen-bond acceptors (Lipinski definition) is 5. The maximum atomic E-state index is 13.3. The Morgan fingerprint density at radius 2 is 1.78 bits per heavy atom. The van der Waals surface area contributed by atoms with Crippen LogP contribution in [0.5, 0.6) is 0 Å². The minimum Gasteiger partial charge on any atom is -0.351 e. The highest BCUT2D eigenvalue weighted by Gasteiger charge is 2.37. The highest BCUT2D eigenvalue weighted by molar-refractivity contribution is 8.00. The molecule has 0 radical (unpaired) electrons. The van der Waals surface area contributed by atoms with Gasteiger partial charge in [-0.15, -0.1) is 0 Å². The van der Waals surface area contributed by atoms with Crippen LogP contribution in [0.1, 0.15) is 61.9 Å². The van der Waals surface area contributed by atoms with Crippen LogP contribution in [-0.2, 0) is 16.1 Å². The van der Waals surface area contributed by atoms with Crippen LogP contribution in [0.4, 0.5) is 5.69 Å². The monoisotopic (exact) mass is 522 g/mol. The van der Waals surface area contributed by atoms with Crippen LogP contribution in [0.3, 0.4) is 0 Å². The summed E-state index contributed by atoms with van der Waals surface area (Å²) in [5, 5.41) is 12.3. The van der Waals surface area contributed by atoms with Crippen molar-refractivity contribution in [1.29, 1.82) is 0 Å². The van der Waals surface area contributed by atoms with Gasteiger partial charge in [0.1, 0.15) is 12.1 Å². The highest BCUT2D eigenvalue weighted by Crippen LogP contribution is 2.31. The number of carbonyl (C=O) groups is 3. The van der Waals surface area contributed by atoms with Crippen LogP contribution in [0.25, 0.3) is 0 Å². The van der Waals surface area contributed by atoms with Crippen molar-refractivity contribution in [3.8, 4) is 0 Å². The van der Waals surface area contributed by atoms with Crippen molar-refractivity contribution in [2.24, 2.45) is 5.92 Å². The van der Waals surface area contributed by atoms with E-state index < -0.39 is 6.04 Å². The quantitative estimate of drug-likeness (QED) is 0.418. The van der Waals surface area contributed by atoms with E-state index in [4.69, 9.17) is 0 Å². The van der Waals surface area contributed by atoms with E-state index >= 15 is 0 Å². The predicted octanol–water partition coefficient (Wildman–Crippen LogP) is 4.10. The minimum absolute atomic E-state index is 0.0398. The normalized spacial score (nSPS) is 20.4.